The second kappa shape index (κ2) is 6.04. The predicted octanol–water partition coefficient (Wildman–Crippen LogP) is 3.86. The van der Waals surface area contributed by atoms with Crippen LogP contribution in [0.1, 0.15) is 31.7 Å². The van der Waals surface area contributed by atoms with E-state index >= 15 is 0 Å². The normalized spacial score (nSPS) is 26.8. The Bertz CT molecular complexity index is 450. The van der Waals surface area contributed by atoms with Crippen molar-refractivity contribution in [3.8, 4) is 0 Å². The van der Waals surface area contributed by atoms with Gasteiger partial charge in [0.05, 0.1) is 6.10 Å². The van der Waals surface area contributed by atoms with Crippen molar-refractivity contribution in [2.75, 3.05) is 6.61 Å². The van der Waals surface area contributed by atoms with Crippen LogP contribution in [0.5, 0.6) is 0 Å². The van der Waals surface area contributed by atoms with Crippen LogP contribution >= 0.6 is 23.4 Å². The molecular formula is C15H20ClNOS. The molecule has 19 heavy (non-hydrogen) atoms. The molecule has 0 aromatic heterocycles. The molecule has 0 bridgehead atoms. The van der Waals surface area contributed by atoms with E-state index < -0.39 is 0 Å². The predicted molar refractivity (Wildman–Crippen MR) is 81.0 cm³/mol. The first-order valence-electron chi connectivity index (χ1n) is 7.02. The molecule has 2 unspecified atom stereocenters. The minimum atomic E-state index is 0.341. The molecule has 1 aromatic carbocycles. The first-order valence-corrected chi connectivity index (χ1v) is 8.28. The van der Waals surface area contributed by atoms with Crippen LogP contribution in [-0.4, -0.2) is 24.0 Å². The molecule has 3 rings (SSSR count). The van der Waals surface area contributed by atoms with E-state index in [4.69, 9.17) is 16.3 Å². The smallest absolute Gasteiger partial charge is 0.0669 e. The monoisotopic (exact) mass is 297 g/mol. The minimum absolute atomic E-state index is 0.341. The van der Waals surface area contributed by atoms with Crippen LogP contribution in [-0.2, 0) is 11.3 Å². The highest BCUT2D eigenvalue weighted by Gasteiger charge is 2.26. The Hall–Kier alpha value is -0.220. The van der Waals surface area contributed by atoms with E-state index in [0.717, 1.165) is 30.6 Å². The maximum absolute atomic E-state index is 6.15. The van der Waals surface area contributed by atoms with E-state index in [2.05, 4.69) is 24.4 Å². The van der Waals surface area contributed by atoms with Gasteiger partial charge >= 0.3 is 0 Å². The lowest BCUT2D eigenvalue weighted by atomic mass is 10.2. The van der Waals surface area contributed by atoms with Crippen molar-refractivity contribution in [2.45, 2.75) is 55.0 Å². The number of hydrogen-bond acceptors (Lipinski definition) is 3. The molecule has 2 fully saturated rings. The number of nitrogens with one attached hydrogen (secondary N) is 1. The maximum Gasteiger partial charge on any atom is 0.0669 e. The molecule has 2 atom stereocenters. The average molecular weight is 298 g/mol. The van der Waals surface area contributed by atoms with Gasteiger partial charge in [-0.1, -0.05) is 17.7 Å². The molecule has 1 aliphatic carbocycles. The zero-order valence-corrected chi connectivity index (χ0v) is 12.8. The van der Waals surface area contributed by atoms with Crippen LogP contribution in [0.2, 0.25) is 5.02 Å². The summed E-state index contributed by atoms with van der Waals surface area (Å²) < 4.78 is 5.65. The van der Waals surface area contributed by atoms with Crippen LogP contribution in [0.4, 0.5) is 0 Å². The number of hydrogen-bond donors (Lipinski definition) is 1. The molecule has 0 radical (unpaired) electrons. The standard InChI is InChI=1S/C15H20ClNOS/c1-10-14(6-7-18-10)19-15-8-12(16)3-2-11(15)9-17-13-4-5-13/h2-3,8,10,13-14,17H,4-7,9H2,1H3. The summed E-state index contributed by atoms with van der Waals surface area (Å²) in [6, 6.07) is 6.98. The van der Waals surface area contributed by atoms with Crippen molar-refractivity contribution < 1.29 is 4.74 Å². The van der Waals surface area contributed by atoms with Crippen molar-refractivity contribution in [3.05, 3.63) is 28.8 Å². The van der Waals surface area contributed by atoms with E-state index in [1.54, 1.807) is 0 Å². The highest BCUT2D eigenvalue weighted by Crippen LogP contribution is 2.36. The van der Waals surface area contributed by atoms with E-state index in [1.807, 2.05) is 17.8 Å². The molecule has 2 nitrogen and oxygen atoms in total. The molecule has 1 N–H and O–H groups in total. The van der Waals surface area contributed by atoms with Gasteiger partial charge in [0.2, 0.25) is 0 Å². The summed E-state index contributed by atoms with van der Waals surface area (Å²) in [6.45, 7) is 4.00. The quantitative estimate of drug-likeness (QED) is 0.892. The lowest BCUT2D eigenvalue weighted by Crippen LogP contribution is -2.17. The molecule has 1 saturated heterocycles. The highest BCUT2D eigenvalue weighted by molar-refractivity contribution is 8.00. The van der Waals surface area contributed by atoms with Crippen LogP contribution in [0.25, 0.3) is 0 Å². The summed E-state index contributed by atoms with van der Waals surface area (Å²) >= 11 is 8.07. The van der Waals surface area contributed by atoms with Gasteiger partial charge in [0.25, 0.3) is 0 Å². The fraction of sp³-hybridized carbons (Fsp3) is 0.600. The van der Waals surface area contributed by atoms with Gasteiger partial charge < -0.3 is 10.1 Å². The zero-order chi connectivity index (χ0) is 13.2. The van der Waals surface area contributed by atoms with Gasteiger partial charge in [-0.2, -0.15) is 0 Å². The van der Waals surface area contributed by atoms with Crippen LogP contribution in [0.15, 0.2) is 23.1 Å². The summed E-state index contributed by atoms with van der Waals surface area (Å²) in [7, 11) is 0. The van der Waals surface area contributed by atoms with Crippen LogP contribution in [0.3, 0.4) is 0 Å². The third kappa shape index (κ3) is 3.66. The lowest BCUT2D eigenvalue weighted by molar-refractivity contribution is 0.127. The molecule has 1 heterocycles. The number of benzene rings is 1. The fourth-order valence-corrected chi connectivity index (χ4v) is 3.89. The van der Waals surface area contributed by atoms with Crippen molar-refractivity contribution in [2.24, 2.45) is 0 Å². The lowest BCUT2D eigenvalue weighted by Gasteiger charge is -2.17. The minimum Gasteiger partial charge on any atom is -0.377 e. The van der Waals surface area contributed by atoms with Gasteiger partial charge in [0.1, 0.15) is 0 Å². The highest BCUT2D eigenvalue weighted by atomic mass is 35.5. The molecule has 1 aliphatic heterocycles. The van der Waals surface area contributed by atoms with Gasteiger partial charge in [-0.05, 0) is 43.9 Å². The number of thioether (sulfide) groups is 1. The van der Waals surface area contributed by atoms with Gasteiger partial charge in [-0.15, -0.1) is 11.8 Å². The Morgan fingerprint density at radius 3 is 2.89 bits per heavy atom. The first kappa shape index (κ1) is 13.7. The number of ether oxygens (including phenoxy) is 1. The van der Waals surface area contributed by atoms with Gasteiger partial charge in [0.15, 0.2) is 0 Å². The Labute approximate surface area is 124 Å². The molecule has 0 spiro atoms. The average Bonchev–Trinajstić information content (AvgIpc) is 3.13. The molecule has 104 valence electrons. The molecule has 1 aromatic rings. The van der Waals surface area contributed by atoms with E-state index in [9.17, 15) is 0 Å². The largest absolute Gasteiger partial charge is 0.377 e. The number of rotatable bonds is 5. The second-order valence-corrected chi connectivity index (χ2v) is 7.15. The SMILES string of the molecule is CC1OCCC1Sc1cc(Cl)ccc1CNC1CC1. The molecular weight excluding hydrogens is 278 g/mol. The summed E-state index contributed by atoms with van der Waals surface area (Å²) in [4.78, 5) is 1.31. The van der Waals surface area contributed by atoms with Gasteiger partial charge in [0, 0.05) is 34.4 Å². The van der Waals surface area contributed by atoms with Crippen LogP contribution in [0, 0.1) is 0 Å². The van der Waals surface area contributed by atoms with Crippen molar-refractivity contribution >= 4 is 23.4 Å². The van der Waals surface area contributed by atoms with Crippen molar-refractivity contribution in [1.29, 1.82) is 0 Å². The summed E-state index contributed by atoms with van der Waals surface area (Å²) in [5.74, 6) is 0. The molecule has 1 saturated carbocycles. The number of halogens is 1. The van der Waals surface area contributed by atoms with E-state index in [0.29, 0.717) is 11.4 Å². The Kier molecular flexibility index (Phi) is 4.37. The molecule has 0 amide bonds. The first-order chi connectivity index (χ1) is 9.22. The summed E-state index contributed by atoms with van der Waals surface area (Å²) in [6.07, 6.45) is 4.12. The summed E-state index contributed by atoms with van der Waals surface area (Å²) in [5.41, 5.74) is 1.36. The maximum atomic E-state index is 6.15. The Morgan fingerprint density at radius 2 is 2.21 bits per heavy atom. The zero-order valence-electron chi connectivity index (χ0n) is 11.2. The van der Waals surface area contributed by atoms with Crippen molar-refractivity contribution in [3.63, 3.8) is 0 Å². The topological polar surface area (TPSA) is 21.3 Å². The van der Waals surface area contributed by atoms with Crippen LogP contribution < -0.4 is 5.32 Å². The van der Waals surface area contributed by atoms with Gasteiger partial charge in [-0.3, -0.25) is 0 Å². The third-order valence-corrected chi connectivity index (χ3v) is 5.56. The molecule has 4 heteroatoms. The van der Waals surface area contributed by atoms with E-state index in [1.165, 1.54) is 23.3 Å². The Balaban J connectivity index is 1.71. The van der Waals surface area contributed by atoms with Gasteiger partial charge in [-0.25, -0.2) is 0 Å². The Morgan fingerprint density at radius 1 is 1.37 bits per heavy atom. The van der Waals surface area contributed by atoms with E-state index in [-0.39, 0.29) is 0 Å². The summed E-state index contributed by atoms with van der Waals surface area (Å²) in [5, 5.41) is 4.96. The molecule has 2 aliphatic rings. The van der Waals surface area contributed by atoms with Crippen molar-refractivity contribution in [1.82, 2.24) is 5.32 Å². The third-order valence-electron chi connectivity index (χ3n) is 3.77. The fourth-order valence-electron chi connectivity index (χ4n) is 2.36. The second-order valence-electron chi connectivity index (χ2n) is 5.43.